The monoisotopic (exact) mass is 253 g/mol. The zero-order valence-corrected chi connectivity index (χ0v) is 10.8. The molecule has 1 aromatic rings. The van der Waals surface area contributed by atoms with E-state index < -0.39 is 12.0 Å². The SMILES string of the molecule is COc1cc(OC(C)C)ccc1[C@@H](N)CC(=O)O. The average molecular weight is 253 g/mol. The van der Waals surface area contributed by atoms with E-state index in [1.54, 1.807) is 18.2 Å². The predicted molar refractivity (Wildman–Crippen MR) is 67.9 cm³/mol. The number of carboxylic acid groups (broad SMARTS) is 1. The third-order valence-corrected chi connectivity index (χ3v) is 2.37. The number of hydrogen-bond acceptors (Lipinski definition) is 4. The highest BCUT2D eigenvalue weighted by Crippen LogP contribution is 2.30. The van der Waals surface area contributed by atoms with Crippen molar-refractivity contribution >= 4 is 5.97 Å². The minimum Gasteiger partial charge on any atom is -0.496 e. The van der Waals surface area contributed by atoms with E-state index in [-0.39, 0.29) is 12.5 Å². The number of rotatable bonds is 6. The van der Waals surface area contributed by atoms with Crippen molar-refractivity contribution in [2.45, 2.75) is 32.4 Å². The van der Waals surface area contributed by atoms with Crippen molar-refractivity contribution < 1.29 is 19.4 Å². The summed E-state index contributed by atoms with van der Waals surface area (Å²) in [6.07, 6.45) is -0.0750. The number of carboxylic acids is 1. The maximum atomic E-state index is 10.6. The Hall–Kier alpha value is -1.75. The van der Waals surface area contributed by atoms with Crippen LogP contribution in [0.2, 0.25) is 0 Å². The molecule has 0 fully saturated rings. The number of nitrogens with two attached hydrogens (primary N) is 1. The number of carbonyl (C=O) groups is 1. The minimum absolute atomic E-state index is 0.0632. The molecule has 0 heterocycles. The smallest absolute Gasteiger partial charge is 0.305 e. The normalized spacial score (nSPS) is 12.3. The van der Waals surface area contributed by atoms with Crippen LogP contribution >= 0.6 is 0 Å². The van der Waals surface area contributed by atoms with Crippen molar-refractivity contribution in [1.29, 1.82) is 0 Å². The molecule has 0 unspecified atom stereocenters. The largest absolute Gasteiger partial charge is 0.496 e. The van der Waals surface area contributed by atoms with Gasteiger partial charge in [-0.25, -0.2) is 0 Å². The molecule has 1 aromatic carbocycles. The Balaban J connectivity index is 2.95. The van der Waals surface area contributed by atoms with Gasteiger partial charge in [0.2, 0.25) is 0 Å². The van der Waals surface area contributed by atoms with Gasteiger partial charge in [0.05, 0.1) is 19.6 Å². The number of ether oxygens (including phenoxy) is 2. The Morgan fingerprint density at radius 1 is 1.44 bits per heavy atom. The van der Waals surface area contributed by atoms with Gasteiger partial charge in [0.15, 0.2) is 0 Å². The predicted octanol–water partition coefficient (Wildman–Crippen LogP) is 1.96. The molecule has 5 heteroatoms. The van der Waals surface area contributed by atoms with Crippen molar-refractivity contribution in [3.8, 4) is 11.5 Å². The second-order valence-electron chi connectivity index (χ2n) is 4.27. The van der Waals surface area contributed by atoms with Crippen molar-refractivity contribution in [3.63, 3.8) is 0 Å². The number of hydrogen-bond donors (Lipinski definition) is 2. The summed E-state index contributed by atoms with van der Waals surface area (Å²) in [5.74, 6) is 0.280. The molecule has 1 rings (SSSR count). The molecular formula is C13H19NO4. The fraction of sp³-hybridized carbons (Fsp3) is 0.462. The summed E-state index contributed by atoms with van der Waals surface area (Å²) in [6.45, 7) is 3.85. The number of aliphatic carboxylic acids is 1. The molecule has 0 radical (unpaired) electrons. The van der Waals surface area contributed by atoms with Crippen molar-refractivity contribution in [2.24, 2.45) is 5.73 Å². The van der Waals surface area contributed by atoms with E-state index in [4.69, 9.17) is 20.3 Å². The summed E-state index contributed by atoms with van der Waals surface area (Å²) in [7, 11) is 1.52. The second-order valence-corrected chi connectivity index (χ2v) is 4.27. The van der Waals surface area contributed by atoms with E-state index in [2.05, 4.69) is 0 Å². The van der Waals surface area contributed by atoms with Crippen LogP contribution < -0.4 is 15.2 Å². The molecule has 0 aliphatic heterocycles. The third kappa shape index (κ3) is 3.92. The van der Waals surface area contributed by atoms with E-state index in [1.165, 1.54) is 7.11 Å². The van der Waals surface area contributed by atoms with Crippen LogP contribution in [0.4, 0.5) is 0 Å². The highest BCUT2D eigenvalue weighted by atomic mass is 16.5. The highest BCUT2D eigenvalue weighted by molar-refractivity contribution is 5.68. The van der Waals surface area contributed by atoms with Gasteiger partial charge in [-0.1, -0.05) is 6.07 Å². The third-order valence-electron chi connectivity index (χ3n) is 2.37. The van der Waals surface area contributed by atoms with Gasteiger partial charge in [0.25, 0.3) is 0 Å². The molecule has 0 saturated heterocycles. The minimum atomic E-state index is -0.938. The van der Waals surface area contributed by atoms with Gasteiger partial charge in [-0.3, -0.25) is 4.79 Å². The first-order valence-electron chi connectivity index (χ1n) is 5.76. The van der Waals surface area contributed by atoms with Gasteiger partial charge in [0.1, 0.15) is 11.5 Å². The Morgan fingerprint density at radius 3 is 2.61 bits per heavy atom. The van der Waals surface area contributed by atoms with Crippen LogP contribution in [0.25, 0.3) is 0 Å². The lowest BCUT2D eigenvalue weighted by Gasteiger charge is -2.16. The molecule has 0 bridgehead atoms. The fourth-order valence-corrected chi connectivity index (χ4v) is 1.64. The van der Waals surface area contributed by atoms with E-state index in [0.29, 0.717) is 17.1 Å². The molecule has 3 N–H and O–H groups in total. The maximum Gasteiger partial charge on any atom is 0.305 e. The van der Waals surface area contributed by atoms with Crippen LogP contribution in [0.5, 0.6) is 11.5 Å². The van der Waals surface area contributed by atoms with Gasteiger partial charge < -0.3 is 20.3 Å². The molecule has 0 saturated carbocycles. The zero-order chi connectivity index (χ0) is 13.7. The summed E-state index contributed by atoms with van der Waals surface area (Å²) in [5.41, 5.74) is 6.48. The standard InChI is InChI=1S/C13H19NO4/c1-8(2)18-9-4-5-10(12(6-9)17-3)11(14)7-13(15)16/h4-6,8,11H,7,14H2,1-3H3,(H,15,16)/t11-/m0/s1. The first kappa shape index (κ1) is 14.3. The summed E-state index contributed by atoms with van der Waals surface area (Å²) >= 11 is 0. The van der Waals surface area contributed by atoms with Crippen LogP contribution in [0.3, 0.4) is 0 Å². The molecule has 0 spiro atoms. The van der Waals surface area contributed by atoms with E-state index in [9.17, 15) is 4.79 Å². The summed E-state index contributed by atoms with van der Waals surface area (Å²) in [4.78, 5) is 10.6. The van der Waals surface area contributed by atoms with Gasteiger partial charge in [-0.15, -0.1) is 0 Å². The maximum absolute atomic E-state index is 10.6. The number of methoxy groups -OCH3 is 1. The average Bonchev–Trinajstić information content (AvgIpc) is 2.26. The van der Waals surface area contributed by atoms with Crippen LogP contribution in [0, 0.1) is 0 Å². The lowest BCUT2D eigenvalue weighted by Crippen LogP contribution is -2.16. The Kier molecular flexibility index (Phi) is 4.97. The van der Waals surface area contributed by atoms with Gasteiger partial charge >= 0.3 is 5.97 Å². The van der Waals surface area contributed by atoms with Crippen LogP contribution in [-0.2, 0) is 4.79 Å². The Labute approximate surface area is 107 Å². The quantitative estimate of drug-likeness (QED) is 0.809. The fourth-order valence-electron chi connectivity index (χ4n) is 1.64. The van der Waals surface area contributed by atoms with Gasteiger partial charge in [0, 0.05) is 17.7 Å². The molecule has 18 heavy (non-hydrogen) atoms. The molecule has 0 aromatic heterocycles. The summed E-state index contributed by atoms with van der Waals surface area (Å²) in [5, 5.41) is 8.74. The molecule has 5 nitrogen and oxygen atoms in total. The first-order valence-corrected chi connectivity index (χ1v) is 5.76. The molecule has 0 amide bonds. The molecule has 1 atom stereocenters. The first-order chi connectivity index (χ1) is 8.43. The summed E-state index contributed by atoms with van der Waals surface area (Å²) in [6, 6.07) is 4.63. The summed E-state index contributed by atoms with van der Waals surface area (Å²) < 4.78 is 10.8. The zero-order valence-electron chi connectivity index (χ0n) is 10.8. The molecule has 0 aliphatic rings. The van der Waals surface area contributed by atoms with Crippen molar-refractivity contribution in [1.82, 2.24) is 0 Å². The Morgan fingerprint density at radius 2 is 2.11 bits per heavy atom. The Bertz CT molecular complexity index is 417. The second kappa shape index (κ2) is 6.26. The van der Waals surface area contributed by atoms with Gasteiger partial charge in [-0.05, 0) is 19.9 Å². The van der Waals surface area contributed by atoms with E-state index in [0.717, 1.165) is 0 Å². The van der Waals surface area contributed by atoms with E-state index in [1.807, 2.05) is 13.8 Å². The number of benzene rings is 1. The van der Waals surface area contributed by atoms with Crippen LogP contribution in [0.15, 0.2) is 18.2 Å². The molecule has 0 aliphatic carbocycles. The van der Waals surface area contributed by atoms with Crippen LogP contribution in [-0.4, -0.2) is 24.3 Å². The van der Waals surface area contributed by atoms with Gasteiger partial charge in [-0.2, -0.15) is 0 Å². The lowest BCUT2D eigenvalue weighted by atomic mass is 10.0. The van der Waals surface area contributed by atoms with E-state index >= 15 is 0 Å². The lowest BCUT2D eigenvalue weighted by molar-refractivity contribution is -0.137. The van der Waals surface area contributed by atoms with Crippen molar-refractivity contribution in [3.05, 3.63) is 23.8 Å². The highest BCUT2D eigenvalue weighted by Gasteiger charge is 2.16. The van der Waals surface area contributed by atoms with Crippen molar-refractivity contribution in [2.75, 3.05) is 7.11 Å². The molecule has 100 valence electrons. The topological polar surface area (TPSA) is 81.8 Å². The van der Waals surface area contributed by atoms with Crippen LogP contribution in [0.1, 0.15) is 31.9 Å². The molecular weight excluding hydrogens is 234 g/mol.